The standard InChI is InChI=1S/C33H48Si2.4CH3.Zr/c1-2-3-11-25-18-20-31(22-25)34(29-14-6-4-7-15-29)35(30-16-8-5-9-17-30)33-21-19-28-23-26-12-10-13-27(26)24-32(28)33;;;;;/h4-9,14-17,25-28,31-35H,2-3,10-13,18-24H2,1H3;4*1H3;/q;4*-1;+4. The number of rotatable bonds is 8. The quantitative estimate of drug-likeness (QED) is 0.197. The van der Waals surface area contributed by atoms with Gasteiger partial charge in [-0.2, -0.15) is 0 Å². The first-order chi connectivity index (χ1) is 17.3. The summed E-state index contributed by atoms with van der Waals surface area (Å²) < 4.78 is 0. The van der Waals surface area contributed by atoms with Crippen LogP contribution in [0.15, 0.2) is 60.7 Å². The summed E-state index contributed by atoms with van der Waals surface area (Å²) in [6, 6.07) is 24.4. The van der Waals surface area contributed by atoms with Crippen LogP contribution in [0.2, 0.25) is 11.1 Å². The summed E-state index contributed by atoms with van der Waals surface area (Å²) in [5.74, 6) is 5.35. The smallest absolute Gasteiger partial charge is 0.358 e. The first-order valence-corrected chi connectivity index (χ1v) is 20.6. The van der Waals surface area contributed by atoms with Crippen LogP contribution >= 0.6 is 0 Å². The third-order valence-electron chi connectivity index (χ3n) is 11.3. The van der Waals surface area contributed by atoms with Gasteiger partial charge in [-0.15, -0.1) is 0 Å². The van der Waals surface area contributed by atoms with Crippen molar-refractivity contribution in [3.05, 3.63) is 90.4 Å². The van der Waals surface area contributed by atoms with E-state index in [1.165, 1.54) is 32.1 Å². The molecule has 0 aliphatic heterocycles. The molecule has 2 aromatic carbocycles. The molecule has 0 nitrogen and oxygen atoms in total. The Bertz CT molecular complexity index is 934. The molecular weight excluding hydrogens is 592 g/mol. The van der Waals surface area contributed by atoms with E-state index < -0.39 is 16.6 Å². The molecule has 0 heterocycles. The monoisotopic (exact) mass is 650 g/mol. The van der Waals surface area contributed by atoms with Gasteiger partial charge in [0.2, 0.25) is 0 Å². The molecule has 4 fully saturated rings. The molecule has 3 heteroatoms. The average molecular weight is 652 g/mol. The van der Waals surface area contributed by atoms with Crippen molar-refractivity contribution in [2.24, 2.45) is 29.6 Å². The fourth-order valence-electron chi connectivity index (χ4n) is 9.80. The molecule has 0 amide bonds. The molecule has 9 atom stereocenters. The molecule has 4 saturated carbocycles. The molecule has 0 spiro atoms. The molecule has 4 aliphatic carbocycles. The van der Waals surface area contributed by atoms with Crippen molar-refractivity contribution in [2.45, 2.75) is 101 Å². The van der Waals surface area contributed by atoms with Gasteiger partial charge in [0.05, 0.1) is 16.6 Å². The van der Waals surface area contributed by atoms with E-state index in [-0.39, 0.29) is 55.9 Å². The van der Waals surface area contributed by atoms with Crippen molar-refractivity contribution in [3.63, 3.8) is 0 Å². The fourth-order valence-corrected chi connectivity index (χ4v) is 26.6. The SMILES string of the molecule is CCCCC1CCC([SiH](c2ccccc2)[SiH](c2ccccc2)C2CCC3CC4CCCC4CC32)C1.[CH3-].[CH3-].[CH3-].[CH3-].[Zr+4]. The van der Waals surface area contributed by atoms with E-state index in [4.69, 9.17) is 0 Å². The fraction of sp³-hybridized carbons (Fsp3) is 0.568. The number of hydrogen-bond acceptors (Lipinski definition) is 0. The van der Waals surface area contributed by atoms with Gasteiger partial charge in [0.1, 0.15) is 0 Å². The summed E-state index contributed by atoms with van der Waals surface area (Å²) >= 11 is 0. The van der Waals surface area contributed by atoms with Gasteiger partial charge in [-0.25, -0.2) is 0 Å². The maximum atomic E-state index is 2.60. The minimum Gasteiger partial charge on any atom is -0.358 e. The molecule has 0 bridgehead atoms. The van der Waals surface area contributed by atoms with E-state index in [1.807, 2.05) is 10.4 Å². The zero-order chi connectivity index (χ0) is 23.6. The predicted molar refractivity (Wildman–Crippen MR) is 183 cm³/mol. The Hall–Kier alpha value is -0.243. The van der Waals surface area contributed by atoms with E-state index in [2.05, 4.69) is 67.6 Å². The molecule has 0 saturated heterocycles. The van der Waals surface area contributed by atoms with Gasteiger partial charge in [-0.3, -0.25) is 0 Å². The normalized spacial score (nSPS) is 31.5. The van der Waals surface area contributed by atoms with Crippen LogP contribution in [0.1, 0.15) is 90.4 Å². The van der Waals surface area contributed by atoms with E-state index in [0.29, 0.717) is 0 Å². The second-order valence-electron chi connectivity index (χ2n) is 13.0. The Morgan fingerprint density at radius 1 is 0.625 bits per heavy atom. The van der Waals surface area contributed by atoms with Crippen molar-refractivity contribution < 1.29 is 26.2 Å². The van der Waals surface area contributed by atoms with E-state index in [0.717, 1.165) is 40.7 Å². The summed E-state index contributed by atoms with van der Waals surface area (Å²) in [4.78, 5) is 0. The van der Waals surface area contributed by atoms with Gasteiger partial charge in [0.25, 0.3) is 0 Å². The average Bonchev–Trinajstić information content (AvgIpc) is 3.65. The third-order valence-corrected chi connectivity index (χ3v) is 25.5. The topological polar surface area (TPSA) is 0 Å². The van der Waals surface area contributed by atoms with Crippen LogP contribution in [-0.4, -0.2) is 16.6 Å². The minimum absolute atomic E-state index is 0. The maximum Gasteiger partial charge on any atom is 4.00 e. The Balaban J connectivity index is 0.00000160. The van der Waals surface area contributed by atoms with Gasteiger partial charge in [0, 0.05) is 0 Å². The first-order valence-electron chi connectivity index (χ1n) is 15.4. The van der Waals surface area contributed by atoms with Crippen molar-refractivity contribution >= 4 is 27.0 Å². The number of hydrogen-bond donors (Lipinski definition) is 0. The van der Waals surface area contributed by atoms with E-state index in [1.54, 1.807) is 51.4 Å². The summed E-state index contributed by atoms with van der Waals surface area (Å²) in [7, 11) is -2.16. The van der Waals surface area contributed by atoms with Crippen molar-refractivity contribution in [2.75, 3.05) is 0 Å². The minimum atomic E-state index is -1.09. The Morgan fingerprint density at radius 2 is 1.23 bits per heavy atom. The number of unbranched alkanes of at least 4 members (excludes halogenated alkanes) is 1. The van der Waals surface area contributed by atoms with Gasteiger partial charge < -0.3 is 29.7 Å². The zero-order valence-corrected chi connectivity index (χ0v) is 31.4. The van der Waals surface area contributed by atoms with E-state index in [9.17, 15) is 0 Å². The molecular formula is C37H60Si2Zr. The van der Waals surface area contributed by atoms with Crippen molar-refractivity contribution in [3.8, 4) is 0 Å². The Kier molecular flexibility index (Phi) is 16.8. The Labute approximate surface area is 273 Å². The summed E-state index contributed by atoms with van der Waals surface area (Å²) in [5, 5.41) is 3.69. The molecule has 9 unspecified atom stereocenters. The van der Waals surface area contributed by atoms with Crippen LogP contribution in [0.25, 0.3) is 0 Å². The van der Waals surface area contributed by atoms with Gasteiger partial charge in [-0.05, 0) is 53.5 Å². The van der Waals surface area contributed by atoms with Crippen LogP contribution in [0.3, 0.4) is 0 Å². The number of benzene rings is 2. The van der Waals surface area contributed by atoms with Crippen LogP contribution in [0, 0.1) is 59.3 Å². The second-order valence-corrected chi connectivity index (χ2v) is 22.6. The van der Waals surface area contributed by atoms with Crippen molar-refractivity contribution in [1.29, 1.82) is 0 Å². The van der Waals surface area contributed by atoms with Gasteiger partial charge in [-0.1, -0.05) is 149 Å². The molecule has 40 heavy (non-hydrogen) atoms. The van der Waals surface area contributed by atoms with Crippen LogP contribution in [-0.2, 0) is 26.2 Å². The molecule has 0 aromatic heterocycles. The summed E-state index contributed by atoms with van der Waals surface area (Å²) in [6.07, 6.45) is 19.9. The molecule has 6 rings (SSSR count). The summed E-state index contributed by atoms with van der Waals surface area (Å²) in [5.41, 5.74) is 2.13. The van der Waals surface area contributed by atoms with E-state index >= 15 is 0 Å². The third kappa shape index (κ3) is 8.02. The zero-order valence-electron chi connectivity index (χ0n) is 26.7. The van der Waals surface area contributed by atoms with Gasteiger partial charge >= 0.3 is 26.2 Å². The first kappa shape index (κ1) is 37.8. The van der Waals surface area contributed by atoms with Crippen LogP contribution < -0.4 is 10.4 Å². The predicted octanol–water partition coefficient (Wildman–Crippen LogP) is 9.10. The Morgan fingerprint density at radius 3 is 1.85 bits per heavy atom. The second kappa shape index (κ2) is 17.8. The number of fused-ring (bicyclic) bond motifs is 2. The van der Waals surface area contributed by atoms with Crippen molar-refractivity contribution in [1.82, 2.24) is 0 Å². The molecule has 2 aromatic rings. The molecule has 0 radical (unpaired) electrons. The van der Waals surface area contributed by atoms with Gasteiger partial charge in [0.15, 0.2) is 0 Å². The molecule has 0 N–H and O–H groups in total. The maximum absolute atomic E-state index is 2.60. The molecule has 4 aliphatic rings. The van der Waals surface area contributed by atoms with Crippen LogP contribution in [0.5, 0.6) is 0 Å². The largest absolute Gasteiger partial charge is 4.00 e. The van der Waals surface area contributed by atoms with Crippen LogP contribution in [0.4, 0.5) is 0 Å². The summed E-state index contributed by atoms with van der Waals surface area (Å²) in [6.45, 7) is 2.38. The molecule has 220 valence electrons.